The van der Waals surface area contributed by atoms with Gasteiger partial charge in [-0.25, -0.2) is 9.97 Å². The van der Waals surface area contributed by atoms with Crippen LogP contribution >= 0.6 is 11.6 Å². The zero-order chi connectivity index (χ0) is 25.0. The minimum atomic E-state index is -4.43. The Morgan fingerprint density at radius 1 is 1.09 bits per heavy atom. The largest absolute Gasteiger partial charge is 0.488 e. The van der Waals surface area contributed by atoms with Crippen molar-refractivity contribution < 1.29 is 27.4 Å². The van der Waals surface area contributed by atoms with Gasteiger partial charge in [0.25, 0.3) is 0 Å². The molecule has 0 bridgehead atoms. The molecule has 0 saturated heterocycles. The summed E-state index contributed by atoms with van der Waals surface area (Å²) in [7, 11) is 3.18. The first-order valence-corrected chi connectivity index (χ1v) is 10.9. The standard InChI is InChI=1S/C24H22ClF3N4O3/c1-33-14-32-12-20(31-23(32)15-3-8-22(25)30-10-15)19-7-6-18(9-21(19)34-2)35-13-17-5-4-16(11-29-17)24(26,27)28/h3-12,19,21H,13-14H2,1-2H3. The number of halogens is 4. The average Bonchev–Trinajstić information content (AvgIpc) is 3.26. The SMILES string of the molecule is COCn1cc(C2C=CC(OCc3ccc(C(F)(F)F)cn3)=CC2OC)nc1-c1ccc(Cl)nc1. The summed E-state index contributed by atoms with van der Waals surface area (Å²) in [5.41, 5.74) is 1.12. The average molecular weight is 507 g/mol. The predicted molar refractivity (Wildman–Crippen MR) is 122 cm³/mol. The van der Waals surface area contributed by atoms with Gasteiger partial charge in [0.15, 0.2) is 0 Å². The molecular weight excluding hydrogens is 485 g/mol. The van der Waals surface area contributed by atoms with Crippen LogP contribution in [0, 0.1) is 0 Å². The van der Waals surface area contributed by atoms with E-state index in [-0.39, 0.29) is 18.6 Å². The van der Waals surface area contributed by atoms with Crippen molar-refractivity contribution in [1.29, 1.82) is 0 Å². The molecule has 0 aromatic carbocycles. The summed E-state index contributed by atoms with van der Waals surface area (Å²) < 4.78 is 56.7. The van der Waals surface area contributed by atoms with E-state index in [2.05, 4.69) is 9.97 Å². The van der Waals surface area contributed by atoms with Crippen LogP contribution in [0.2, 0.25) is 5.15 Å². The number of pyridine rings is 2. The van der Waals surface area contributed by atoms with Crippen LogP contribution in [0.25, 0.3) is 11.4 Å². The fraction of sp³-hybridized carbons (Fsp3) is 0.292. The molecule has 11 heteroatoms. The molecule has 1 aliphatic rings. The summed E-state index contributed by atoms with van der Waals surface area (Å²) in [5.74, 6) is 0.996. The smallest absolute Gasteiger partial charge is 0.417 e. The minimum Gasteiger partial charge on any atom is -0.488 e. The zero-order valence-corrected chi connectivity index (χ0v) is 19.6. The molecule has 1 aliphatic carbocycles. The van der Waals surface area contributed by atoms with Crippen molar-refractivity contribution in [1.82, 2.24) is 19.5 Å². The Hall–Kier alpha value is -3.21. The molecule has 3 aromatic heterocycles. The normalized spacial score (nSPS) is 17.9. The van der Waals surface area contributed by atoms with Crippen LogP contribution in [0.3, 0.4) is 0 Å². The summed E-state index contributed by atoms with van der Waals surface area (Å²) in [6.45, 7) is 0.314. The van der Waals surface area contributed by atoms with E-state index in [9.17, 15) is 13.2 Å². The molecule has 35 heavy (non-hydrogen) atoms. The summed E-state index contributed by atoms with van der Waals surface area (Å²) in [4.78, 5) is 12.8. The van der Waals surface area contributed by atoms with Crippen molar-refractivity contribution in [2.24, 2.45) is 0 Å². The van der Waals surface area contributed by atoms with Crippen LogP contribution in [-0.4, -0.2) is 39.8 Å². The third-order valence-electron chi connectivity index (χ3n) is 5.35. The zero-order valence-electron chi connectivity index (χ0n) is 18.9. The second-order valence-corrected chi connectivity index (χ2v) is 8.11. The van der Waals surface area contributed by atoms with Crippen molar-refractivity contribution >= 4 is 11.6 Å². The molecule has 2 unspecified atom stereocenters. The van der Waals surface area contributed by atoms with Crippen LogP contribution < -0.4 is 0 Å². The summed E-state index contributed by atoms with van der Waals surface area (Å²) in [5, 5.41) is 0.387. The lowest BCUT2D eigenvalue weighted by Gasteiger charge is -2.23. The van der Waals surface area contributed by atoms with E-state index in [1.807, 2.05) is 22.9 Å². The highest BCUT2D eigenvalue weighted by Crippen LogP contribution is 2.32. The van der Waals surface area contributed by atoms with Gasteiger partial charge in [-0.2, -0.15) is 13.2 Å². The molecule has 3 heterocycles. The van der Waals surface area contributed by atoms with Gasteiger partial charge in [0.2, 0.25) is 0 Å². The number of nitrogens with zero attached hydrogens (tertiary/aromatic N) is 4. The lowest BCUT2D eigenvalue weighted by molar-refractivity contribution is -0.137. The third kappa shape index (κ3) is 5.90. The summed E-state index contributed by atoms with van der Waals surface area (Å²) >= 11 is 5.91. The van der Waals surface area contributed by atoms with Crippen molar-refractivity contribution in [3.05, 3.63) is 88.9 Å². The minimum absolute atomic E-state index is 0.0194. The Morgan fingerprint density at radius 3 is 2.54 bits per heavy atom. The second kappa shape index (κ2) is 10.6. The summed E-state index contributed by atoms with van der Waals surface area (Å²) in [6.07, 6.45) is 5.01. The quantitative estimate of drug-likeness (QED) is 0.382. The first kappa shape index (κ1) is 24.9. The van der Waals surface area contributed by atoms with Gasteiger partial charge in [0, 0.05) is 38.4 Å². The van der Waals surface area contributed by atoms with Gasteiger partial charge in [-0.15, -0.1) is 0 Å². The van der Waals surface area contributed by atoms with E-state index in [0.717, 1.165) is 23.5 Å². The molecule has 7 nitrogen and oxygen atoms in total. The van der Waals surface area contributed by atoms with Crippen molar-refractivity contribution in [3.63, 3.8) is 0 Å². The third-order valence-corrected chi connectivity index (χ3v) is 5.58. The highest BCUT2D eigenvalue weighted by molar-refractivity contribution is 6.29. The second-order valence-electron chi connectivity index (χ2n) is 7.73. The van der Waals surface area contributed by atoms with Gasteiger partial charge in [-0.3, -0.25) is 4.98 Å². The Kier molecular flexibility index (Phi) is 7.54. The molecule has 3 aromatic rings. The van der Waals surface area contributed by atoms with E-state index < -0.39 is 11.7 Å². The van der Waals surface area contributed by atoms with Crippen LogP contribution in [-0.2, 0) is 33.7 Å². The Balaban J connectivity index is 1.49. The highest BCUT2D eigenvalue weighted by Gasteiger charge is 2.31. The fourth-order valence-electron chi connectivity index (χ4n) is 3.61. The van der Waals surface area contributed by atoms with Crippen LogP contribution in [0.4, 0.5) is 13.2 Å². The number of rotatable bonds is 8. The Labute approximate surface area is 204 Å². The van der Waals surface area contributed by atoms with Gasteiger partial charge in [-0.1, -0.05) is 17.7 Å². The highest BCUT2D eigenvalue weighted by atomic mass is 35.5. The molecule has 0 amide bonds. The topological polar surface area (TPSA) is 71.3 Å². The van der Waals surface area contributed by atoms with Crippen molar-refractivity contribution in [2.75, 3.05) is 14.2 Å². The number of hydrogen-bond acceptors (Lipinski definition) is 6. The van der Waals surface area contributed by atoms with Gasteiger partial charge < -0.3 is 18.8 Å². The van der Waals surface area contributed by atoms with Gasteiger partial charge in [-0.05, 0) is 36.4 Å². The lowest BCUT2D eigenvalue weighted by atomic mass is 9.94. The van der Waals surface area contributed by atoms with Gasteiger partial charge >= 0.3 is 6.18 Å². The van der Waals surface area contributed by atoms with E-state index in [1.165, 1.54) is 6.07 Å². The molecule has 0 fully saturated rings. The maximum absolute atomic E-state index is 12.7. The number of alkyl halides is 3. The summed E-state index contributed by atoms with van der Waals surface area (Å²) in [6, 6.07) is 5.80. The molecule has 2 atom stereocenters. The number of methoxy groups -OCH3 is 2. The first-order chi connectivity index (χ1) is 16.8. The van der Waals surface area contributed by atoms with Gasteiger partial charge in [0.05, 0.1) is 29.0 Å². The van der Waals surface area contributed by atoms with E-state index >= 15 is 0 Å². The number of aromatic nitrogens is 4. The number of hydrogen-bond donors (Lipinski definition) is 0. The predicted octanol–water partition coefficient (Wildman–Crippen LogP) is 5.39. The Bertz CT molecular complexity index is 1210. The van der Waals surface area contributed by atoms with Crippen LogP contribution in [0.15, 0.2) is 66.8 Å². The first-order valence-electron chi connectivity index (χ1n) is 10.5. The molecule has 4 rings (SSSR count). The molecule has 0 N–H and O–H groups in total. The Morgan fingerprint density at radius 2 is 1.91 bits per heavy atom. The van der Waals surface area contributed by atoms with Crippen molar-refractivity contribution in [3.8, 4) is 11.4 Å². The fourth-order valence-corrected chi connectivity index (χ4v) is 3.73. The van der Waals surface area contributed by atoms with Crippen LogP contribution in [0.5, 0.6) is 0 Å². The number of imidazole rings is 1. The number of ether oxygens (including phenoxy) is 3. The molecule has 0 aliphatic heterocycles. The van der Waals surface area contributed by atoms with Crippen molar-refractivity contribution in [2.45, 2.75) is 31.5 Å². The molecule has 184 valence electrons. The lowest BCUT2D eigenvalue weighted by Crippen LogP contribution is -2.21. The number of allylic oxidation sites excluding steroid dienone is 1. The maximum atomic E-state index is 12.7. The van der Waals surface area contributed by atoms with E-state index in [1.54, 1.807) is 38.6 Å². The van der Waals surface area contributed by atoms with E-state index in [0.29, 0.717) is 29.2 Å². The monoisotopic (exact) mass is 506 g/mol. The van der Waals surface area contributed by atoms with Gasteiger partial charge in [0.1, 0.15) is 30.1 Å². The van der Waals surface area contributed by atoms with E-state index in [4.69, 9.17) is 30.8 Å². The molecule has 0 spiro atoms. The maximum Gasteiger partial charge on any atom is 0.417 e. The molecule has 0 saturated carbocycles. The molecule has 0 radical (unpaired) electrons. The molecular formula is C24H22ClF3N4O3. The van der Waals surface area contributed by atoms with Crippen LogP contribution in [0.1, 0.15) is 22.9 Å².